The second kappa shape index (κ2) is 57.6. The van der Waals surface area contributed by atoms with E-state index in [4.69, 9.17) is 14.2 Å². The first kappa shape index (κ1) is 74.9. The minimum absolute atomic E-state index is 0.0159. The first-order valence-electron chi connectivity index (χ1n) is 32.9. The summed E-state index contributed by atoms with van der Waals surface area (Å²) in [6.07, 6.45) is 68.4. The third-order valence-corrected chi connectivity index (χ3v) is 14.9. The summed E-state index contributed by atoms with van der Waals surface area (Å²) in [4.78, 5) is 25.1. The average molecular weight is 1120 g/mol. The lowest BCUT2D eigenvalue weighted by atomic mass is 9.99. The molecular weight excluding hydrogens is 1000 g/mol. The van der Waals surface area contributed by atoms with Gasteiger partial charge in [-0.25, -0.2) is 0 Å². The van der Waals surface area contributed by atoms with E-state index in [1.165, 1.54) is 148 Å². The molecular formula is C69H121NO10. The zero-order valence-electron chi connectivity index (χ0n) is 51.0. The van der Waals surface area contributed by atoms with Gasteiger partial charge in [-0.1, -0.05) is 240 Å². The van der Waals surface area contributed by atoms with Crippen molar-refractivity contribution < 1.29 is 49.3 Å². The Bertz CT molecular complexity index is 1600. The molecule has 0 spiro atoms. The quantitative estimate of drug-likeness (QED) is 0.0195. The molecule has 0 saturated carbocycles. The number of allylic oxidation sites excluding steroid dienone is 13. The van der Waals surface area contributed by atoms with Crippen molar-refractivity contribution in [3.05, 3.63) is 85.1 Å². The van der Waals surface area contributed by atoms with Gasteiger partial charge in [0, 0.05) is 12.8 Å². The molecule has 462 valence electrons. The number of amides is 1. The average Bonchev–Trinajstić information content (AvgIpc) is 3.47. The van der Waals surface area contributed by atoms with Crippen LogP contribution < -0.4 is 5.32 Å². The van der Waals surface area contributed by atoms with E-state index in [0.717, 1.165) is 103 Å². The number of carbonyl (C=O) groups excluding carboxylic acids is 2. The predicted molar refractivity (Wildman–Crippen MR) is 333 cm³/mol. The van der Waals surface area contributed by atoms with E-state index in [1.807, 2.05) is 6.08 Å². The third-order valence-electron chi connectivity index (χ3n) is 14.9. The zero-order chi connectivity index (χ0) is 58.0. The summed E-state index contributed by atoms with van der Waals surface area (Å²) in [7, 11) is 0. The maximum absolute atomic E-state index is 13.0. The summed E-state index contributed by atoms with van der Waals surface area (Å²) in [6, 6.07) is -0.839. The minimum Gasteiger partial charge on any atom is -0.466 e. The molecule has 1 saturated heterocycles. The van der Waals surface area contributed by atoms with Crippen molar-refractivity contribution >= 4 is 11.9 Å². The van der Waals surface area contributed by atoms with Crippen LogP contribution in [0.2, 0.25) is 0 Å². The summed E-state index contributed by atoms with van der Waals surface area (Å²) in [6.45, 7) is 4.20. The van der Waals surface area contributed by atoms with Crippen LogP contribution in [0.1, 0.15) is 277 Å². The van der Waals surface area contributed by atoms with Gasteiger partial charge in [0.1, 0.15) is 24.4 Å². The Morgan fingerprint density at radius 1 is 0.463 bits per heavy atom. The Labute approximate surface area is 489 Å². The number of aliphatic hydroxyl groups excluding tert-OH is 5. The molecule has 1 rings (SSSR count). The van der Waals surface area contributed by atoms with Crippen molar-refractivity contribution in [1.29, 1.82) is 0 Å². The Balaban J connectivity index is 2.02. The van der Waals surface area contributed by atoms with E-state index in [-0.39, 0.29) is 18.5 Å². The van der Waals surface area contributed by atoms with Crippen molar-refractivity contribution in [2.75, 3.05) is 19.8 Å². The van der Waals surface area contributed by atoms with E-state index < -0.39 is 49.5 Å². The Morgan fingerprint density at radius 3 is 1.36 bits per heavy atom. The van der Waals surface area contributed by atoms with Crippen molar-refractivity contribution in [3.8, 4) is 0 Å². The molecule has 80 heavy (non-hydrogen) atoms. The van der Waals surface area contributed by atoms with Gasteiger partial charge >= 0.3 is 5.97 Å². The summed E-state index contributed by atoms with van der Waals surface area (Å²) in [5, 5.41) is 54.3. The van der Waals surface area contributed by atoms with Gasteiger partial charge in [0.15, 0.2) is 6.29 Å². The molecule has 1 heterocycles. The van der Waals surface area contributed by atoms with Crippen molar-refractivity contribution in [1.82, 2.24) is 5.32 Å². The van der Waals surface area contributed by atoms with Crippen LogP contribution in [0.4, 0.5) is 0 Å². The monoisotopic (exact) mass is 1120 g/mol. The van der Waals surface area contributed by atoms with E-state index in [2.05, 4.69) is 92.1 Å². The first-order chi connectivity index (χ1) is 39.2. The SMILES string of the molecule is CCC/C=C\C/C=C\CCCCCCCC(=O)OCCCCCCCCCCC/C=C\C/C=C\CCCCCCCCCCCCCC(=O)NC(COC1OC(CO)C(O)C(O)C1O)C(O)/C=C/CC/C=C/CC/C=C/CCCC. The van der Waals surface area contributed by atoms with E-state index in [0.29, 0.717) is 19.4 Å². The lowest BCUT2D eigenvalue weighted by molar-refractivity contribution is -0.302. The van der Waals surface area contributed by atoms with Crippen LogP contribution in [0.3, 0.4) is 0 Å². The molecule has 7 unspecified atom stereocenters. The maximum Gasteiger partial charge on any atom is 0.305 e. The Morgan fingerprint density at radius 2 is 0.875 bits per heavy atom. The fraction of sp³-hybridized carbons (Fsp3) is 0.768. The molecule has 1 aliphatic rings. The van der Waals surface area contributed by atoms with Gasteiger partial charge in [-0.2, -0.15) is 0 Å². The van der Waals surface area contributed by atoms with E-state index in [1.54, 1.807) is 6.08 Å². The molecule has 11 heteroatoms. The number of aliphatic hydroxyl groups is 5. The molecule has 0 bridgehead atoms. The van der Waals surface area contributed by atoms with Gasteiger partial charge in [-0.15, -0.1) is 0 Å². The number of nitrogens with one attached hydrogen (secondary N) is 1. The van der Waals surface area contributed by atoms with Gasteiger partial charge in [0.25, 0.3) is 0 Å². The highest BCUT2D eigenvalue weighted by molar-refractivity contribution is 5.76. The topological polar surface area (TPSA) is 175 Å². The molecule has 1 aliphatic heterocycles. The number of rotatable bonds is 56. The highest BCUT2D eigenvalue weighted by Gasteiger charge is 2.44. The molecule has 1 fully saturated rings. The van der Waals surface area contributed by atoms with Crippen LogP contribution in [-0.2, 0) is 23.8 Å². The van der Waals surface area contributed by atoms with Crippen LogP contribution in [0.5, 0.6) is 0 Å². The van der Waals surface area contributed by atoms with Gasteiger partial charge < -0.3 is 45.1 Å². The number of unbranched alkanes of at least 4 members (excludes halogenated alkanes) is 30. The third kappa shape index (κ3) is 46.3. The maximum atomic E-state index is 13.0. The molecule has 0 radical (unpaired) electrons. The predicted octanol–water partition coefficient (Wildman–Crippen LogP) is 16.1. The highest BCUT2D eigenvalue weighted by Crippen LogP contribution is 2.23. The van der Waals surface area contributed by atoms with Crippen molar-refractivity contribution in [2.24, 2.45) is 0 Å². The van der Waals surface area contributed by atoms with Crippen molar-refractivity contribution in [2.45, 2.75) is 320 Å². The van der Waals surface area contributed by atoms with E-state index >= 15 is 0 Å². The normalized spacial score (nSPS) is 18.9. The molecule has 1 amide bonds. The second-order valence-corrected chi connectivity index (χ2v) is 22.4. The lowest BCUT2D eigenvalue weighted by Gasteiger charge is -2.40. The second-order valence-electron chi connectivity index (χ2n) is 22.4. The van der Waals surface area contributed by atoms with Crippen molar-refractivity contribution in [3.63, 3.8) is 0 Å². The van der Waals surface area contributed by atoms with E-state index in [9.17, 15) is 35.1 Å². The molecule has 7 atom stereocenters. The smallest absolute Gasteiger partial charge is 0.305 e. The molecule has 11 nitrogen and oxygen atoms in total. The first-order valence-corrected chi connectivity index (χ1v) is 32.9. The van der Waals surface area contributed by atoms with Crippen LogP contribution in [0.25, 0.3) is 0 Å². The molecule has 6 N–H and O–H groups in total. The van der Waals surface area contributed by atoms with Crippen LogP contribution >= 0.6 is 0 Å². The number of ether oxygens (including phenoxy) is 3. The number of carbonyl (C=O) groups is 2. The van der Waals surface area contributed by atoms with Gasteiger partial charge in [-0.3, -0.25) is 9.59 Å². The molecule has 0 aliphatic carbocycles. The summed E-state index contributed by atoms with van der Waals surface area (Å²) in [5.74, 6) is -0.218. The van der Waals surface area contributed by atoms with Crippen LogP contribution in [0, 0.1) is 0 Å². The lowest BCUT2D eigenvalue weighted by Crippen LogP contribution is -2.60. The fourth-order valence-electron chi connectivity index (χ4n) is 9.70. The van der Waals surface area contributed by atoms with Gasteiger partial charge in [0.2, 0.25) is 5.91 Å². The highest BCUT2D eigenvalue weighted by atomic mass is 16.7. The number of esters is 1. The van der Waals surface area contributed by atoms with Gasteiger partial charge in [-0.05, 0) is 109 Å². The fourth-order valence-corrected chi connectivity index (χ4v) is 9.70. The summed E-state index contributed by atoms with van der Waals surface area (Å²) >= 11 is 0. The minimum atomic E-state index is -1.58. The molecule has 0 aromatic carbocycles. The number of hydrogen-bond donors (Lipinski definition) is 6. The standard InChI is InChI=1S/C69H121NO10/c1-3-5-7-9-11-13-15-32-37-41-45-49-53-57-65(74)78-58-54-50-46-42-38-34-31-29-27-25-23-21-19-17-18-20-22-24-26-28-30-33-36-40-44-48-52-56-64(73)70-61(60-79-69-68(77)67(76)66(75)63(59-71)80-69)62(72)55-51-47-43-39-35-16-14-12-10-8-6-4-2/h7,9-10,12-13,15,17-18,21,23,35,39,51,55,61-63,66-69,71-72,75-77H,3-6,8,11,14,16,19-20,22,24-34,36-38,40-50,52-54,56-60H2,1-2H3,(H,70,73)/b9-7-,12-10+,15-13-,18-17-,23-21-,39-35+,55-51+. The summed E-state index contributed by atoms with van der Waals surface area (Å²) in [5.41, 5.74) is 0. The summed E-state index contributed by atoms with van der Waals surface area (Å²) < 4.78 is 16.7. The zero-order valence-corrected chi connectivity index (χ0v) is 51.0. The molecule has 0 aromatic rings. The Kier molecular flexibility index (Phi) is 53.9. The van der Waals surface area contributed by atoms with Crippen LogP contribution in [-0.4, -0.2) is 100 Å². The Hall–Kier alpha value is -3.16. The number of hydrogen-bond acceptors (Lipinski definition) is 10. The molecule has 0 aromatic heterocycles. The van der Waals surface area contributed by atoms with Gasteiger partial charge in [0.05, 0.1) is 32.0 Å². The van der Waals surface area contributed by atoms with Crippen LogP contribution in [0.15, 0.2) is 85.1 Å². The largest absolute Gasteiger partial charge is 0.466 e.